The van der Waals surface area contributed by atoms with Crippen LogP contribution in [0.5, 0.6) is 0 Å². The number of piperazine rings is 1. The van der Waals surface area contributed by atoms with E-state index in [1.54, 1.807) is 0 Å². The molecule has 1 aliphatic heterocycles. The molecule has 4 heteroatoms. The number of nitrogens with two attached hydrogens (primary N) is 1. The van der Waals surface area contributed by atoms with Gasteiger partial charge in [-0.2, -0.15) is 0 Å². The van der Waals surface area contributed by atoms with Gasteiger partial charge in [0.15, 0.2) is 0 Å². The van der Waals surface area contributed by atoms with Crippen molar-refractivity contribution in [3.05, 3.63) is 41.0 Å². The van der Waals surface area contributed by atoms with Crippen LogP contribution in [-0.4, -0.2) is 48.4 Å². The van der Waals surface area contributed by atoms with Crippen LogP contribution in [-0.2, 0) is 5.54 Å². The number of rotatable bonds is 5. The summed E-state index contributed by atoms with van der Waals surface area (Å²) in [6.07, 6.45) is 10.6. The molecule has 1 aromatic carbocycles. The monoisotopic (exact) mass is 409 g/mol. The Balaban J connectivity index is 1.71. The zero-order chi connectivity index (χ0) is 21.4. The first-order chi connectivity index (χ1) is 14.3. The molecule has 1 aromatic rings. The molecule has 0 unspecified atom stereocenters. The van der Waals surface area contributed by atoms with Gasteiger partial charge in [-0.1, -0.05) is 45.8 Å². The topological polar surface area (TPSA) is 49.6 Å². The average molecular weight is 410 g/mol. The molecule has 1 saturated heterocycles. The van der Waals surface area contributed by atoms with Crippen molar-refractivity contribution in [1.82, 2.24) is 9.80 Å². The smallest absolute Gasteiger partial charge is 0.249 e. The molecule has 0 spiro atoms. The van der Waals surface area contributed by atoms with Gasteiger partial charge in [0.25, 0.3) is 0 Å². The molecule has 4 rings (SSSR count). The zero-order valence-corrected chi connectivity index (χ0v) is 19.2. The van der Waals surface area contributed by atoms with Gasteiger partial charge in [0.05, 0.1) is 0 Å². The van der Waals surface area contributed by atoms with E-state index >= 15 is 0 Å². The maximum Gasteiger partial charge on any atom is 0.249 e. The SMILES string of the molecule is CCN1CCN(C2(c3ccc(C(N)=O)c(C4=CCC(C)(C)CC4)c3)CCCC2)CC1. The van der Waals surface area contributed by atoms with Crippen molar-refractivity contribution in [3.8, 4) is 0 Å². The second-order valence-corrected chi connectivity index (χ2v) is 10.4. The Morgan fingerprint density at radius 3 is 2.33 bits per heavy atom. The zero-order valence-electron chi connectivity index (χ0n) is 19.2. The van der Waals surface area contributed by atoms with Crippen molar-refractivity contribution in [2.24, 2.45) is 11.1 Å². The lowest BCUT2D eigenvalue weighted by Gasteiger charge is -2.46. The van der Waals surface area contributed by atoms with Crippen LogP contribution in [0, 0.1) is 5.41 Å². The van der Waals surface area contributed by atoms with E-state index in [4.69, 9.17) is 5.73 Å². The summed E-state index contributed by atoms with van der Waals surface area (Å²) < 4.78 is 0. The lowest BCUT2D eigenvalue weighted by Crippen LogP contribution is -2.54. The molecule has 2 aliphatic carbocycles. The summed E-state index contributed by atoms with van der Waals surface area (Å²) in [5, 5.41) is 0. The number of likely N-dealkylation sites (N-methyl/N-ethyl adjacent to an activating group) is 1. The Morgan fingerprint density at radius 2 is 1.77 bits per heavy atom. The van der Waals surface area contributed by atoms with Gasteiger partial charge in [0, 0.05) is 37.3 Å². The second kappa shape index (κ2) is 8.47. The van der Waals surface area contributed by atoms with Crippen molar-refractivity contribution in [1.29, 1.82) is 0 Å². The molecule has 30 heavy (non-hydrogen) atoms. The predicted octanol–water partition coefficient (Wildman–Crippen LogP) is 4.79. The maximum atomic E-state index is 12.3. The van der Waals surface area contributed by atoms with Gasteiger partial charge < -0.3 is 10.6 Å². The van der Waals surface area contributed by atoms with Crippen LogP contribution in [0.2, 0.25) is 0 Å². The number of amides is 1. The van der Waals surface area contributed by atoms with Crippen LogP contribution in [0.3, 0.4) is 0 Å². The second-order valence-electron chi connectivity index (χ2n) is 10.4. The van der Waals surface area contributed by atoms with Crippen LogP contribution in [0.1, 0.15) is 87.2 Å². The summed E-state index contributed by atoms with van der Waals surface area (Å²) in [5.41, 5.74) is 10.8. The third kappa shape index (κ3) is 4.09. The maximum absolute atomic E-state index is 12.3. The number of nitrogens with zero attached hydrogens (tertiary/aromatic N) is 2. The minimum atomic E-state index is -0.306. The van der Waals surface area contributed by atoms with Crippen molar-refractivity contribution in [2.45, 2.75) is 71.3 Å². The summed E-state index contributed by atoms with van der Waals surface area (Å²) in [4.78, 5) is 17.5. The summed E-state index contributed by atoms with van der Waals surface area (Å²) in [6.45, 7) is 12.6. The largest absolute Gasteiger partial charge is 0.366 e. The van der Waals surface area contributed by atoms with Crippen LogP contribution < -0.4 is 5.73 Å². The van der Waals surface area contributed by atoms with Gasteiger partial charge in [-0.15, -0.1) is 0 Å². The molecule has 3 aliphatic rings. The highest BCUT2D eigenvalue weighted by atomic mass is 16.1. The molecule has 0 atom stereocenters. The molecule has 2 N–H and O–H groups in total. The predicted molar refractivity (Wildman–Crippen MR) is 124 cm³/mol. The van der Waals surface area contributed by atoms with E-state index in [9.17, 15) is 4.79 Å². The lowest BCUT2D eigenvalue weighted by atomic mass is 9.75. The van der Waals surface area contributed by atoms with E-state index in [-0.39, 0.29) is 11.4 Å². The first-order valence-electron chi connectivity index (χ1n) is 12.0. The van der Waals surface area contributed by atoms with E-state index in [1.807, 2.05) is 6.07 Å². The molecule has 4 nitrogen and oxygen atoms in total. The molecule has 1 saturated carbocycles. The van der Waals surface area contributed by atoms with E-state index < -0.39 is 0 Å². The molecule has 2 fully saturated rings. The van der Waals surface area contributed by atoms with Gasteiger partial charge in [-0.3, -0.25) is 9.69 Å². The van der Waals surface area contributed by atoms with Gasteiger partial charge in [0.2, 0.25) is 5.91 Å². The number of allylic oxidation sites excluding steroid dienone is 2. The lowest BCUT2D eigenvalue weighted by molar-refractivity contribution is 0.0339. The highest BCUT2D eigenvalue weighted by Crippen LogP contribution is 2.46. The number of hydrogen-bond acceptors (Lipinski definition) is 3. The average Bonchev–Trinajstić information content (AvgIpc) is 3.24. The fourth-order valence-corrected chi connectivity index (χ4v) is 5.88. The fraction of sp³-hybridized carbons (Fsp3) is 0.654. The molecule has 0 aromatic heterocycles. The first-order valence-corrected chi connectivity index (χ1v) is 12.0. The number of carbonyl (C=O) groups excluding carboxylic acids is 1. The quantitative estimate of drug-likeness (QED) is 0.761. The van der Waals surface area contributed by atoms with Gasteiger partial charge in [-0.25, -0.2) is 0 Å². The van der Waals surface area contributed by atoms with E-state index in [0.29, 0.717) is 11.0 Å². The van der Waals surface area contributed by atoms with Crippen molar-refractivity contribution in [3.63, 3.8) is 0 Å². The van der Waals surface area contributed by atoms with Crippen LogP contribution >= 0.6 is 0 Å². The number of primary amides is 1. The highest BCUT2D eigenvalue weighted by molar-refractivity contribution is 5.98. The third-order valence-electron chi connectivity index (χ3n) is 8.00. The first kappa shape index (κ1) is 21.6. The Labute approximate surface area is 182 Å². The molecule has 0 radical (unpaired) electrons. The Hall–Kier alpha value is -1.65. The number of carbonyl (C=O) groups is 1. The van der Waals surface area contributed by atoms with E-state index in [1.165, 1.54) is 36.8 Å². The Morgan fingerprint density at radius 1 is 1.07 bits per heavy atom. The number of benzene rings is 1. The Kier molecular flexibility index (Phi) is 6.09. The minimum absolute atomic E-state index is 0.124. The molecule has 0 bridgehead atoms. The van der Waals surface area contributed by atoms with E-state index in [0.717, 1.165) is 57.5 Å². The Bertz CT molecular complexity index is 812. The fourth-order valence-electron chi connectivity index (χ4n) is 5.88. The van der Waals surface area contributed by atoms with Crippen molar-refractivity contribution >= 4 is 11.5 Å². The van der Waals surface area contributed by atoms with Crippen LogP contribution in [0.4, 0.5) is 0 Å². The van der Waals surface area contributed by atoms with Crippen LogP contribution in [0.25, 0.3) is 5.57 Å². The summed E-state index contributed by atoms with van der Waals surface area (Å²) in [5.74, 6) is -0.306. The molecule has 164 valence electrons. The number of hydrogen-bond donors (Lipinski definition) is 1. The summed E-state index contributed by atoms with van der Waals surface area (Å²) in [7, 11) is 0. The normalized spacial score (nSPS) is 24.6. The summed E-state index contributed by atoms with van der Waals surface area (Å²) in [6, 6.07) is 6.55. The minimum Gasteiger partial charge on any atom is -0.366 e. The van der Waals surface area contributed by atoms with Gasteiger partial charge >= 0.3 is 0 Å². The molecule has 1 heterocycles. The van der Waals surface area contributed by atoms with E-state index in [2.05, 4.69) is 48.8 Å². The molecular formula is C26H39N3O. The van der Waals surface area contributed by atoms with Gasteiger partial charge in [-0.05, 0) is 72.9 Å². The van der Waals surface area contributed by atoms with Crippen molar-refractivity contribution in [2.75, 3.05) is 32.7 Å². The third-order valence-corrected chi connectivity index (χ3v) is 8.00. The molecular weight excluding hydrogens is 370 g/mol. The van der Waals surface area contributed by atoms with Gasteiger partial charge in [0.1, 0.15) is 0 Å². The van der Waals surface area contributed by atoms with Crippen molar-refractivity contribution < 1.29 is 4.79 Å². The standard InChI is InChI=1S/C26H39N3O/c1-4-28-15-17-29(18-16-28)26(11-5-6-12-26)21-7-8-22(24(27)30)23(19-21)20-9-13-25(2,3)14-10-20/h7-9,19H,4-6,10-18H2,1-3H3,(H2,27,30). The summed E-state index contributed by atoms with van der Waals surface area (Å²) >= 11 is 0. The molecule has 1 amide bonds. The highest BCUT2D eigenvalue weighted by Gasteiger charge is 2.42. The van der Waals surface area contributed by atoms with Crippen LogP contribution in [0.15, 0.2) is 24.3 Å².